The molecule has 2 heterocycles. The molecule has 0 aliphatic rings. The molecule has 2 aromatic carbocycles. The van der Waals surface area contributed by atoms with Crippen LogP contribution in [0.15, 0.2) is 54.7 Å². The van der Waals surface area contributed by atoms with Crippen LogP contribution in [0.5, 0.6) is 11.6 Å². The van der Waals surface area contributed by atoms with Gasteiger partial charge in [-0.15, -0.1) is 0 Å². The SMILES string of the molecule is CCC(C)Cn1c(NC(=O)Cc2ccc(Oc3ncccc3C(N)=O)c(Cl)c2)nc2cc(C)ccc21. The van der Waals surface area contributed by atoms with Crippen molar-refractivity contribution in [2.24, 2.45) is 11.7 Å². The number of nitrogens with two attached hydrogens (primary N) is 1. The van der Waals surface area contributed by atoms with Gasteiger partial charge in [0.2, 0.25) is 17.7 Å². The highest BCUT2D eigenvalue weighted by Crippen LogP contribution is 2.31. The van der Waals surface area contributed by atoms with E-state index in [1.807, 2.05) is 25.1 Å². The molecule has 0 aliphatic carbocycles. The van der Waals surface area contributed by atoms with Crippen LogP contribution in [0.3, 0.4) is 0 Å². The minimum atomic E-state index is -0.656. The van der Waals surface area contributed by atoms with Gasteiger partial charge >= 0.3 is 0 Å². The van der Waals surface area contributed by atoms with E-state index in [1.54, 1.807) is 24.3 Å². The fraction of sp³-hybridized carbons (Fsp3) is 0.259. The van der Waals surface area contributed by atoms with E-state index < -0.39 is 5.91 Å². The molecule has 0 fully saturated rings. The molecule has 186 valence electrons. The van der Waals surface area contributed by atoms with Crippen LogP contribution in [-0.2, 0) is 17.8 Å². The summed E-state index contributed by atoms with van der Waals surface area (Å²) in [6, 6.07) is 14.2. The van der Waals surface area contributed by atoms with Gasteiger partial charge in [0, 0.05) is 12.7 Å². The predicted octanol–water partition coefficient (Wildman–Crippen LogP) is 5.51. The number of halogens is 1. The van der Waals surface area contributed by atoms with Crippen molar-refractivity contribution in [3.63, 3.8) is 0 Å². The number of benzene rings is 2. The number of nitrogens with zero attached hydrogens (tertiary/aromatic N) is 3. The molecule has 4 aromatic rings. The van der Waals surface area contributed by atoms with Crippen molar-refractivity contribution in [3.05, 3.63) is 76.4 Å². The fourth-order valence-electron chi connectivity index (χ4n) is 3.82. The summed E-state index contributed by atoms with van der Waals surface area (Å²) in [5, 5.41) is 3.25. The summed E-state index contributed by atoms with van der Waals surface area (Å²) in [6.07, 6.45) is 2.61. The molecule has 1 unspecified atom stereocenters. The predicted molar refractivity (Wildman–Crippen MR) is 141 cm³/mol. The molecule has 4 rings (SSSR count). The van der Waals surface area contributed by atoms with Gasteiger partial charge in [-0.25, -0.2) is 9.97 Å². The third kappa shape index (κ3) is 5.66. The molecular formula is C27H28ClN5O3. The molecule has 8 nitrogen and oxygen atoms in total. The number of aromatic nitrogens is 3. The standard InChI is InChI=1S/C27H28ClN5O3/c1-4-16(2)15-33-22-9-7-17(3)12-21(22)31-27(33)32-24(34)14-18-8-10-23(20(28)13-18)36-26-19(25(29)35)6-5-11-30-26/h5-13,16H,4,14-15H2,1-3H3,(H2,29,35)(H,31,32,34). The Balaban J connectivity index is 1.51. The summed E-state index contributed by atoms with van der Waals surface area (Å²) in [4.78, 5) is 33.3. The van der Waals surface area contributed by atoms with Gasteiger partial charge in [0.15, 0.2) is 0 Å². The number of anilines is 1. The second kappa shape index (κ2) is 10.8. The van der Waals surface area contributed by atoms with E-state index in [2.05, 4.69) is 33.7 Å². The number of fused-ring (bicyclic) bond motifs is 1. The van der Waals surface area contributed by atoms with Gasteiger partial charge < -0.3 is 15.0 Å². The lowest BCUT2D eigenvalue weighted by molar-refractivity contribution is -0.115. The number of hydrogen-bond donors (Lipinski definition) is 2. The zero-order chi connectivity index (χ0) is 25.8. The largest absolute Gasteiger partial charge is 0.437 e. The van der Waals surface area contributed by atoms with E-state index in [0.29, 0.717) is 23.2 Å². The molecule has 0 saturated carbocycles. The number of amides is 2. The van der Waals surface area contributed by atoms with E-state index in [1.165, 1.54) is 12.3 Å². The van der Waals surface area contributed by atoms with Gasteiger partial charge in [0.25, 0.3) is 5.91 Å². The van der Waals surface area contributed by atoms with Crippen molar-refractivity contribution in [1.82, 2.24) is 14.5 Å². The minimum absolute atomic E-state index is 0.0628. The minimum Gasteiger partial charge on any atom is -0.437 e. The van der Waals surface area contributed by atoms with Crippen molar-refractivity contribution in [2.75, 3.05) is 5.32 Å². The van der Waals surface area contributed by atoms with Crippen molar-refractivity contribution < 1.29 is 14.3 Å². The smallest absolute Gasteiger partial charge is 0.254 e. The first-order valence-corrected chi connectivity index (χ1v) is 12.1. The van der Waals surface area contributed by atoms with E-state index in [4.69, 9.17) is 22.1 Å². The van der Waals surface area contributed by atoms with E-state index >= 15 is 0 Å². The molecule has 2 aromatic heterocycles. The van der Waals surface area contributed by atoms with Gasteiger partial charge in [-0.2, -0.15) is 0 Å². The number of nitrogens with one attached hydrogen (secondary N) is 1. The highest BCUT2D eigenvalue weighted by atomic mass is 35.5. The molecular weight excluding hydrogens is 478 g/mol. The molecule has 2 amide bonds. The Kier molecular flexibility index (Phi) is 7.55. The maximum atomic E-state index is 12.9. The van der Waals surface area contributed by atoms with Gasteiger partial charge in [-0.1, -0.05) is 44.0 Å². The zero-order valence-corrected chi connectivity index (χ0v) is 21.2. The molecule has 9 heteroatoms. The monoisotopic (exact) mass is 505 g/mol. The van der Waals surface area contributed by atoms with Gasteiger partial charge in [0.1, 0.15) is 11.3 Å². The fourth-order valence-corrected chi connectivity index (χ4v) is 4.06. The van der Waals surface area contributed by atoms with E-state index in [9.17, 15) is 9.59 Å². The van der Waals surface area contributed by atoms with Crippen LogP contribution in [0.25, 0.3) is 11.0 Å². The zero-order valence-electron chi connectivity index (χ0n) is 20.4. The highest BCUT2D eigenvalue weighted by molar-refractivity contribution is 6.32. The topological polar surface area (TPSA) is 112 Å². The Bertz CT molecular complexity index is 1430. The van der Waals surface area contributed by atoms with Crippen LogP contribution in [0.1, 0.15) is 41.8 Å². The van der Waals surface area contributed by atoms with Gasteiger partial charge in [-0.05, 0) is 60.4 Å². The summed E-state index contributed by atoms with van der Waals surface area (Å²) >= 11 is 6.40. The third-order valence-corrected chi connectivity index (χ3v) is 6.25. The number of rotatable bonds is 9. The lowest BCUT2D eigenvalue weighted by Gasteiger charge is -2.14. The second-order valence-corrected chi connectivity index (χ2v) is 9.27. The number of aryl methyl sites for hydroxylation is 1. The Morgan fingerprint density at radius 2 is 2.00 bits per heavy atom. The Morgan fingerprint density at radius 1 is 1.19 bits per heavy atom. The van der Waals surface area contributed by atoms with Crippen molar-refractivity contribution in [2.45, 2.75) is 40.2 Å². The lowest BCUT2D eigenvalue weighted by Crippen LogP contribution is -2.19. The second-order valence-electron chi connectivity index (χ2n) is 8.86. The first-order valence-electron chi connectivity index (χ1n) is 11.7. The molecule has 0 bridgehead atoms. The van der Waals surface area contributed by atoms with Crippen LogP contribution in [0, 0.1) is 12.8 Å². The number of hydrogen-bond acceptors (Lipinski definition) is 5. The number of imidazole rings is 1. The van der Waals surface area contributed by atoms with Crippen LogP contribution in [0.2, 0.25) is 5.02 Å². The molecule has 0 aliphatic heterocycles. The first-order chi connectivity index (χ1) is 17.2. The van der Waals surface area contributed by atoms with Crippen molar-refractivity contribution in [3.8, 4) is 11.6 Å². The Hall–Kier alpha value is -3.91. The van der Waals surface area contributed by atoms with Gasteiger partial charge in [-0.3, -0.25) is 14.9 Å². The Morgan fingerprint density at radius 3 is 2.72 bits per heavy atom. The molecule has 36 heavy (non-hydrogen) atoms. The van der Waals surface area contributed by atoms with Crippen LogP contribution >= 0.6 is 11.6 Å². The number of ether oxygens (including phenoxy) is 1. The molecule has 0 saturated heterocycles. The van der Waals surface area contributed by atoms with E-state index in [-0.39, 0.29) is 28.8 Å². The van der Waals surface area contributed by atoms with Crippen molar-refractivity contribution >= 4 is 40.4 Å². The summed E-state index contributed by atoms with van der Waals surface area (Å²) in [6.45, 7) is 7.09. The summed E-state index contributed by atoms with van der Waals surface area (Å²) < 4.78 is 7.77. The van der Waals surface area contributed by atoms with E-state index in [0.717, 1.165) is 29.6 Å². The molecule has 0 radical (unpaired) electrons. The normalized spacial score (nSPS) is 11.9. The number of primary amides is 1. The summed E-state index contributed by atoms with van der Waals surface area (Å²) in [7, 11) is 0. The van der Waals surface area contributed by atoms with Crippen LogP contribution in [0.4, 0.5) is 5.95 Å². The number of carbonyl (C=O) groups excluding carboxylic acids is 2. The van der Waals surface area contributed by atoms with Crippen molar-refractivity contribution in [1.29, 1.82) is 0 Å². The maximum absolute atomic E-state index is 12.9. The third-order valence-electron chi connectivity index (χ3n) is 5.95. The van der Waals surface area contributed by atoms with Crippen LogP contribution < -0.4 is 15.8 Å². The quantitative estimate of drug-likeness (QED) is 0.311. The highest BCUT2D eigenvalue weighted by Gasteiger charge is 2.17. The number of carbonyl (C=O) groups is 2. The maximum Gasteiger partial charge on any atom is 0.254 e. The first kappa shape index (κ1) is 25.2. The Labute approximate surface area is 214 Å². The molecule has 3 N–H and O–H groups in total. The summed E-state index contributed by atoms with van der Waals surface area (Å²) in [5.74, 6) is 0.455. The van der Waals surface area contributed by atoms with Crippen LogP contribution in [-0.4, -0.2) is 26.3 Å². The molecule has 1 atom stereocenters. The molecule has 0 spiro atoms. The number of pyridine rings is 1. The van der Waals surface area contributed by atoms with Gasteiger partial charge in [0.05, 0.1) is 22.5 Å². The average molecular weight is 506 g/mol. The lowest BCUT2D eigenvalue weighted by atomic mass is 10.1. The average Bonchev–Trinajstić information content (AvgIpc) is 3.16. The summed E-state index contributed by atoms with van der Waals surface area (Å²) in [5.41, 5.74) is 9.18.